The number of rotatable bonds is 5. The lowest BCUT2D eigenvalue weighted by atomic mass is 9.83. The fraction of sp³-hybridized carbons (Fsp3) is 0.323. The lowest BCUT2D eigenvalue weighted by Crippen LogP contribution is -2.52. The van der Waals surface area contributed by atoms with Crippen molar-refractivity contribution < 1.29 is 18.7 Å². The van der Waals surface area contributed by atoms with E-state index in [0.29, 0.717) is 36.5 Å². The molecule has 0 radical (unpaired) electrons. The number of pyridine rings is 1. The van der Waals surface area contributed by atoms with Crippen LogP contribution in [0.25, 0.3) is 22.1 Å². The Hall–Kier alpha value is -4.33. The summed E-state index contributed by atoms with van der Waals surface area (Å²) in [6.45, 7) is 5.36. The highest BCUT2D eigenvalue weighted by Gasteiger charge is 2.37. The topological polar surface area (TPSA) is 91.0 Å². The van der Waals surface area contributed by atoms with Crippen LogP contribution in [-0.2, 0) is 11.3 Å². The molecule has 1 fully saturated rings. The van der Waals surface area contributed by atoms with Crippen LogP contribution in [0.2, 0.25) is 0 Å². The molecule has 200 valence electrons. The Kier molecular flexibility index (Phi) is 6.25. The molecule has 8 nitrogen and oxygen atoms in total. The molecule has 0 unspecified atom stereocenters. The minimum absolute atomic E-state index is 0.0206. The van der Waals surface area contributed by atoms with E-state index < -0.39 is 11.7 Å². The molecule has 2 aromatic carbocycles. The first kappa shape index (κ1) is 25.0. The number of ether oxygens (including phenoxy) is 2. The van der Waals surface area contributed by atoms with Crippen molar-refractivity contribution in [1.82, 2.24) is 9.47 Å². The number of fused-ring (bicyclic) bond motifs is 5. The molecule has 6 rings (SSSR count). The van der Waals surface area contributed by atoms with Crippen molar-refractivity contribution in [2.45, 2.75) is 38.8 Å². The summed E-state index contributed by atoms with van der Waals surface area (Å²) < 4.78 is 18.9. The van der Waals surface area contributed by atoms with Gasteiger partial charge in [-0.2, -0.15) is 0 Å². The van der Waals surface area contributed by atoms with Gasteiger partial charge in [0.1, 0.15) is 17.1 Å². The van der Waals surface area contributed by atoms with E-state index in [1.165, 1.54) is 6.07 Å². The van der Waals surface area contributed by atoms with E-state index in [1.54, 1.807) is 26.2 Å². The maximum absolute atomic E-state index is 13.5. The second kappa shape index (κ2) is 9.76. The van der Waals surface area contributed by atoms with Crippen LogP contribution in [0.5, 0.6) is 11.5 Å². The molecule has 0 saturated carbocycles. The number of hydrogen-bond donors (Lipinski definition) is 0. The largest absolute Gasteiger partial charge is 0.497 e. The summed E-state index contributed by atoms with van der Waals surface area (Å²) in [7, 11) is 1.61. The zero-order valence-electron chi connectivity index (χ0n) is 22.2. The summed E-state index contributed by atoms with van der Waals surface area (Å²) >= 11 is 0. The summed E-state index contributed by atoms with van der Waals surface area (Å²) in [5.74, 6) is 1.50. The van der Waals surface area contributed by atoms with E-state index in [4.69, 9.17) is 13.9 Å². The van der Waals surface area contributed by atoms with Crippen LogP contribution in [0.3, 0.4) is 0 Å². The Morgan fingerprint density at radius 2 is 1.82 bits per heavy atom. The predicted octanol–water partition coefficient (Wildman–Crippen LogP) is 4.35. The molecule has 4 aromatic rings. The van der Waals surface area contributed by atoms with Crippen molar-refractivity contribution in [3.63, 3.8) is 0 Å². The molecule has 0 N–H and O–H groups in total. The van der Waals surface area contributed by atoms with Gasteiger partial charge in [-0.3, -0.25) is 9.59 Å². The Morgan fingerprint density at radius 3 is 2.59 bits per heavy atom. The third-order valence-corrected chi connectivity index (χ3v) is 7.96. The number of methoxy groups -OCH3 is 1. The number of piperidine rings is 1. The Balaban J connectivity index is 1.25. The molecule has 0 aliphatic carbocycles. The summed E-state index contributed by atoms with van der Waals surface area (Å²) in [5.41, 5.74) is 3.26. The normalized spacial score (nSPS) is 18.9. The van der Waals surface area contributed by atoms with Crippen molar-refractivity contribution in [2.24, 2.45) is 5.92 Å². The van der Waals surface area contributed by atoms with Gasteiger partial charge in [0.2, 0.25) is 0 Å². The molecule has 3 atom stereocenters. The van der Waals surface area contributed by atoms with Gasteiger partial charge >= 0.3 is 5.63 Å². The Morgan fingerprint density at radius 1 is 1.03 bits per heavy atom. The zero-order chi connectivity index (χ0) is 27.3. The number of benzene rings is 2. The van der Waals surface area contributed by atoms with Crippen LogP contribution in [0.1, 0.15) is 30.5 Å². The maximum Gasteiger partial charge on any atom is 0.336 e. The third kappa shape index (κ3) is 4.50. The number of aromatic nitrogens is 1. The van der Waals surface area contributed by atoms with Gasteiger partial charge in [-0.25, -0.2) is 4.79 Å². The van der Waals surface area contributed by atoms with E-state index in [1.807, 2.05) is 58.9 Å². The highest BCUT2D eigenvalue weighted by Crippen LogP contribution is 2.36. The molecule has 39 heavy (non-hydrogen) atoms. The monoisotopic (exact) mass is 526 g/mol. The van der Waals surface area contributed by atoms with Crippen molar-refractivity contribution in [3.8, 4) is 22.6 Å². The minimum Gasteiger partial charge on any atom is -0.497 e. The average molecular weight is 527 g/mol. The smallest absolute Gasteiger partial charge is 0.336 e. The quantitative estimate of drug-likeness (QED) is 0.359. The van der Waals surface area contributed by atoms with Crippen LogP contribution in [-0.4, -0.2) is 41.7 Å². The fourth-order valence-corrected chi connectivity index (χ4v) is 6.05. The average Bonchev–Trinajstić information content (AvgIpc) is 2.94. The van der Waals surface area contributed by atoms with Gasteiger partial charge in [-0.1, -0.05) is 18.2 Å². The van der Waals surface area contributed by atoms with E-state index >= 15 is 0 Å². The van der Waals surface area contributed by atoms with Crippen molar-refractivity contribution in [3.05, 3.63) is 92.7 Å². The molecule has 0 spiro atoms. The first-order valence-corrected chi connectivity index (χ1v) is 13.2. The van der Waals surface area contributed by atoms with E-state index in [-0.39, 0.29) is 23.3 Å². The Labute approximate surface area is 225 Å². The highest BCUT2D eigenvalue weighted by atomic mass is 16.5. The zero-order valence-corrected chi connectivity index (χ0v) is 22.2. The maximum atomic E-state index is 13.5. The van der Waals surface area contributed by atoms with Crippen molar-refractivity contribution in [1.29, 1.82) is 0 Å². The second-order valence-electron chi connectivity index (χ2n) is 10.5. The molecule has 1 amide bonds. The molecule has 2 bridgehead atoms. The highest BCUT2D eigenvalue weighted by molar-refractivity contribution is 5.95. The van der Waals surface area contributed by atoms with Crippen molar-refractivity contribution in [2.75, 3.05) is 20.2 Å². The summed E-state index contributed by atoms with van der Waals surface area (Å²) in [6, 6.07) is 18.0. The number of aryl methyl sites for hydroxylation is 1. The van der Waals surface area contributed by atoms with Crippen LogP contribution in [0.15, 0.2) is 74.7 Å². The first-order valence-electron chi connectivity index (χ1n) is 13.2. The minimum atomic E-state index is -0.727. The van der Waals surface area contributed by atoms with E-state index in [9.17, 15) is 14.4 Å². The number of amides is 1. The van der Waals surface area contributed by atoms with E-state index in [0.717, 1.165) is 34.4 Å². The number of carbonyl (C=O) groups excluding carboxylic acids is 1. The van der Waals surface area contributed by atoms with Gasteiger partial charge in [0, 0.05) is 54.3 Å². The molecule has 2 aliphatic heterocycles. The SMILES string of the molecule is COc1ccc(-c2cc(=O)oc3c(C)c(O[C@@H](C)C(=O)N4C[C@H]5C[C@@H](C4)c4cccc(=O)n4C5)ccc23)cc1. The van der Waals surface area contributed by atoms with Gasteiger partial charge in [-0.15, -0.1) is 0 Å². The van der Waals surface area contributed by atoms with Gasteiger partial charge in [-0.05, 0) is 67.6 Å². The molecule has 2 aromatic heterocycles. The summed E-state index contributed by atoms with van der Waals surface area (Å²) in [6.07, 6.45) is 0.247. The summed E-state index contributed by atoms with van der Waals surface area (Å²) in [5, 5.41) is 0.779. The van der Waals surface area contributed by atoms with Gasteiger partial charge in [0.05, 0.1) is 7.11 Å². The molecule has 4 heterocycles. The lowest BCUT2D eigenvalue weighted by Gasteiger charge is -2.43. The predicted molar refractivity (Wildman–Crippen MR) is 147 cm³/mol. The molecule has 2 aliphatic rings. The number of hydrogen-bond acceptors (Lipinski definition) is 6. The van der Waals surface area contributed by atoms with Crippen LogP contribution >= 0.6 is 0 Å². The van der Waals surface area contributed by atoms with Crippen LogP contribution < -0.4 is 20.7 Å². The molecular formula is C31H30N2O6. The van der Waals surface area contributed by atoms with Gasteiger partial charge in [0.25, 0.3) is 11.5 Å². The Bertz CT molecular complexity index is 1690. The second-order valence-corrected chi connectivity index (χ2v) is 10.5. The standard InChI is InChI=1S/C31H30N2O6/c1-18-27(12-11-24-25(14-29(35)39-30(18)24)21-7-9-23(37-3)10-8-21)38-19(2)31(36)32-15-20-13-22(17-32)26-5-4-6-28(34)33(26)16-20/h4-12,14,19-20,22H,13,15-17H2,1-3H3/t19-,20+,22-/m0/s1. The van der Waals surface area contributed by atoms with E-state index in [2.05, 4.69) is 0 Å². The first-order chi connectivity index (χ1) is 18.8. The van der Waals surface area contributed by atoms with Gasteiger partial charge in [0.15, 0.2) is 6.10 Å². The van der Waals surface area contributed by atoms with Gasteiger partial charge < -0.3 is 23.4 Å². The molecular weight excluding hydrogens is 496 g/mol. The molecule has 1 saturated heterocycles. The summed E-state index contributed by atoms with van der Waals surface area (Å²) in [4.78, 5) is 40.2. The number of carbonyl (C=O) groups is 1. The fourth-order valence-electron chi connectivity index (χ4n) is 6.05. The number of nitrogens with zero attached hydrogens (tertiary/aromatic N) is 2. The third-order valence-electron chi connectivity index (χ3n) is 7.96. The number of likely N-dealkylation sites (tertiary alicyclic amines) is 1. The lowest BCUT2D eigenvalue weighted by molar-refractivity contribution is -0.140. The molecule has 8 heteroatoms. The van der Waals surface area contributed by atoms with Crippen LogP contribution in [0.4, 0.5) is 0 Å². The van der Waals surface area contributed by atoms with Crippen molar-refractivity contribution >= 4 is 16.9 Å². The van der Waals surface area contributed by atoms with Crippen LogP contribution in [0, 0.1) is 12.8 Å².